The topological polar surface area (TPSA) is 54.9 Å². The van der Waals surface area contributed by atoms with Crippen LogP contribution in [0.25, 0.3) is 0 Å². The van der Waals surface area contributed by atoms with Gasteiger partial charge in [-0.05, 0) is 25.8 Å². The Morgan fingerprint density at radius 1 is 1.17 bits per heavy atom. The van der Waals surface area contributed by atoms with Crippen LogP contribution in [0.4, 0.5) is 13.2 Å². The van der Waals surface area contributed by atoms with Crippen molar-refractivity contribution in [2.45, 2.75) is 32.7 Å². The lowest BCUT2D eigenvalue weighted by atomic mass is 10.2. The largest absolute Gasteiger partial charge is 0.573 e. The number of unbranched alkanes of at least 4 members (excludes halogenated alkanes) is 1. The van der Waals surface area contributed by atoms with E-state index in [2.05, 4.69) is 20.4 Å². The van der Waals surface area contributed by atoms with Crippen molar-refractivity contribution in [2.75, 3.05) is 26.8 Å². The van der Waals surface area contributed by atoms with Gasteiger partial charge in [-0.25, -0.2) is 0 Å². The number of aliphatic imine (C=N–C) groups is 1. The molecule has 0 aliphatic heterocycles. The summed E-state index contributed by atoms with van der Waals surface area (Å²) in [6.07, 6.45) is -2.87. The average molecular weight is 347 g/mol. The number of rotatable bonds is 9. The lowest BCUT2D eigenvalue weighted by Gasteiger charge is -2.15. The minimum atomic E-state index is -4.71. The maximum atomic E-state index is 12.4. The molecular weight excluding hydrogens is 323 g/mol. The van der Waals surface area contributed by atoms with Crippen LogP contribution in [0.2, 0.25) is 0 Å². The Morgan fingerprint density at radius 3 is 2.58 bits per heavy atom. The molecule has 1 aromatic rings. The zero-order chi connectivity index (χ0) is 17.8. The summed E-state index contributed by atoms with van der Waals surface area (Å²) in [4.78, 5) is 4.04. The Bertz CT molecular complexity index is 508. The number of nitrogens with zero attached hydrogens (tertiary/aromatic N) is 1. The molecule has 0 atom stereocenters. The Hall–Kier alpha value is -1.96. The number of nitrogens with one attached hydrogen (secondary N) is 2. The first-order valence-corrected chi connectivity index (χ1v) is 7.82. The fraction of sp³-hybridized carbons (Fsp3) is 0.562. The van der Waals surface area contributed by atoms with Gasteiger partial charge in [0.25, 0.3) is 0 Å². The fourth-order valence-electron chi connectivity index (χ4n) is 1.95. The number of benzene rings is 1. The first-order chi connectivity index (χ1) is 11.5. The molecule has 2 N–H and O–H groups in total. The molecule has 0 fully saturated rings. The maximum Gasteiger partial charge on any atom is 0.573 e. The lowest BCUT2D eigenvalue weighted by molar-refractivity contribution is -0.274. The van der Waals surface area contributed by atoms with Crippen LogP contribution in [0, 0.1) is 0 Å². The zero-order valence-electron chi connectivity index (χ0n) is 13.9. The van der Waals surface area contributed by atoms with E-state index in [-0.39, 0.29) is 12.3 Å². The summed E-state index contributed by atoms with van der Waals surface area (Å²) in [5.41, 5.74) is 0.397. The Labute approximate surface area is 140 Å². The second-order valence-corrected chi connectivity index (χ2v) is 4.91. The van der Waals surface area contributed by atoms with Crippen LogP contribution in [0.15, 0.2) is 29.3 Å². The predicted octanol–water partition coefficient (Wildman–Crippen LogP) is 3.07. The molecule has 0 bridgehead atoms. The van der Waals surface area contributed by atoms with Gasteiger partial charge in [0.1, 0.15) is 5.75 Å². The van der Waals surface area contributed by atoms with Crippen molar-refractivity contribution in [3.05, 3.63) is 29.8 Å². The average Bonchev–Trinajstić information content (AvgIpc) is 2.53. The number of para-hydroxylation sites is 1. The first kappa shape index (κ1) is 20.1. The molecule has 0 unspecified atom stereocenters. The van der Waals surface area contributed by atoms with E-state index in [9.17, 15) is 13.2 Å². The van der Waals surface area contributed by atoms with Gasteiger partial charge >= 0.3 is 6.36 Å². The fourth-order valence-corrected chi connectivity index (χ4v) is 1.95. The van der Waals surface area contributed by atoms with E-state index in [1.807, 2.05) is 6.92 Å². The van der Waals surface area contributed by atoms with Gasteiger partial charge in [-0.3, -0.25) is 4.99 Å². The molecule has 24 heavy (non-hydrogen) atoms. The molecule has 0 aliphatic carbocycles. The van der Waals surface area contributed by atoms with Crippen LogP contribution in [0.1, 0.15) is 25.3 Å². The van der Waals surface area contributed by atoms with Crippen molar-refractivity contribution in [2.24, 2.45) is 4.99 Å². The summed E-state index contributed by atoms with van der Waals surface area (Å²) >= 11 is 0. The van der Waals surface area contributed by atoms with Gasteiger partial charge in [-0.1, -0.05) is 18.2 Å². The van der Waals surface area contributed by atoms with Gasteiger partial charge in [0.05, 0.1) is 0 Å². The van der Waals surface area contributed by atoms with E-state index in [0.717, 1.165) is 12.8 Å². The van der Waals surface area contributed by atoms with Crippen molar-refractivity contribution in [3.8, 4) is 5.75 Å². The standard InChI is InChI=1S/C16H24F3N3O2/c1-3-23-11-7-6-10-21-15(20-2)22-12-13-8-4-5-9-14(13)24-16(17,18)19/h4-5,8-9H,3,6-7,10-12H2,1-2H3,(H2,20,21,22). The molecule has 8 heteroatoms. The van der Waals surface area contributed by atoms with Crippen LogP contribution in [-0.2, 0) is 11.3 Å². The number of ether oxygens (including phenoxy) is 2. The van der Waals surface area contributed by atoms with Crippen LogP contribution < -0.4 is 15.4 Å². The minimum Gasteiger partial charge on any atom is -0.405 e. The third-order valence-corrected chi connectivity index (χ3v) is 3.08. The molecule has 0 amide bonds. The highest BCUT2D eigenvalue weighted by molar-refractivity contribution is 5.79. The second-order valence-electron chi connectivity index (χ2n) is 4.91. The Kier molecular flexibility index (Phi) is 8.99. The molecule has 0 aromatic heterocycles. The first-order valence-electron chi connectivity index (χ1n) is 7.82. The summed E-state index contributed by atoms with van der Waals surface area (Å²) in [7, 11) is 1.60. The molecule has 0 saturated heterocycles. The van der Waals surface area contributed by atoms with Gasteiger partial charge in [0.2, 0.25) is 0 Å². The van der Waals surface area contributed by atoms with Gasteiger partial charge in [0, 0.05) is 38.9 Å². The SMILES string of the molecule is CCOCCCCNC(=NC)NCc1ccccc1OC(F)(F)F. The van der Waals surface area contributed by atoms with Crippen LogP contribution in [-0.4, -0.2) is 39.1 Å². The Balaban J connectivity index is 2.43. The predicted molar refractivity (Wildman–Crippen MR) is 87.1 cm³/mol. The van der Waals surface area contributed by atoms with Crippen LogP contribution in [0.3, 0.4) is 0 Å². The second kappa shape index (κ2) is 10.7. The van der Waals surface area contributed by atoms with E-state index in [1.54, 1.807) is 19.2 Å². The van der Waals surface area contributed by atoms with Crippen LogP contribution in [0.5, 0.6) is 5.75 Å². The highest BCUT2D eigenvalue weighted by atomic mass is 19.4. The van der Waals surface area contributed by atoms with Gasteiger partial charge in [0.15, 0.2) is 5.96 Å². The van der Waals surface area contributed by atoms with Crippen molar-refractivity contribution in [3.63, 3.8) is 0 Å². The molecule has 136 valence electrons. The normalized spacial score (nSPS) is 12.1. The highest BCUT2D eigenvalue weighted by Crippen LogP contribution is 2.25. The molecule has 5 nitrogen and oxygen atoms in total. The summed E-state index contributed by atoms with van der Waals surface area (Å²) in [6, 6.07) is 6.01. The summed E-state index contributed by atoms with van der Waals surface area (Å²) in [5.74, 6) is 0.304. The number of hydrogen-bond acceptors (Lipinski definition) is 3. The number of hydrogen-bond donors (Lipinski definition) is 2. The summed E-state index contributed by atoms with van der Waals surface area (Å²) in [6.45, 7) is 4.24. The number of guanidine groups is 1. The molecule has 1 aromatic carbocycles. The molecular formula is C16H24F3N3O2. The van der Waals surface area contributed by atoms with Crippen molar-refractivity contribution < 1.29 is 22.6 Å². The van der Waals surface area contributed by atoms with Crippen molar-refractivity contribution >= 4 is 5.96 Å². The monoisotopic (exact) mass is 347 g/mol. The Morgan fingerprint density at radius 2 is 1.92 bits per heavy atom. The van der Waals surface area contributed by atoms with Gasteiger partial charge < -0.3 is 20.1 Å². The quantitative estimate of drug-likeness (QED) is 0.410. The number of alkyl halides is 3. The lowest BCUT2D eigenvalue weighted by Crippen LogP contribution is -2.37. The van der Waals surface area contributed by atoms with Gasteiger partial charge in [-0.15, -0.1) is 13.2 Å². The van der Waals surface area contributed by atoms with Crippen LogP contribution >= 0.6 is 0 Å². The van der Waals surface area contributed by atoms with E-state index in [1.165, 1.54) is 12.1 Å². The molecule has 1 rings (SSSR count). The highest BCUT2D eigenvalue weighted by Gasteiger charge is 2.31. The smallest absolute Gasteiger partial charge is 0.405 e. The maximum absolute atomic E-state index is 12.4. The minimum absolute atomic E-state index is 0.172. The zero-order valence-corrected chi connectivity index (χ0v) is 13.9. The van der Waals surface area contributed by atoms with Crippen molar-refractivity contribution in [1.29, 1.82) is 0 Å². The number of halogens is 3. The molecule has 0 aliphatic rings. The molecule has 0 radical (unpaired) electrons. The molecule has 0 saturated carbocycles. The van der Waals surface area contributed by atoms with E-state index < -0.39 is 6.36 Å². The van der Waals surface area contributed by atoms with Gasteiger partial charge in [-0.2, -0.15) is 0 Å². The van der Waals surface area contributed by atoms with E-state index in [0.29, 0.717) is 31.3 Å². The molecule has 0 spiro atoms. The van der Waals surface area contributed by atoms with E-state index in [4.69, 9.17) is 4.74 Å². The van der Waals surface area contributed by atoms with Crippen molar-refractivity contribution in [1.82, 2.24) is 10.6 Å². The third-order valence-electron chi connectivity index (χ3n) is 3.08. The van der Waals surface area contributed by atoms with E-state index >= 15 is 0 Å². The summed E-state index contributed by atoms with van der Waals surface area (Å²) < 4.78 is 46.4. The third kappa shape index (κ3) is 8.61. The molecule has 0 heterocycles. The summed E-state index contributed by atoms with van der Waals surface area (Å²) in [5, 5.41) is 6.08.